The van der Waals surface area contributed by atoms with Crippen LogP contribution in [-0.4, -0.2) is 65.6 Å². The van der Waals surface area contributed by atoms with Crippen molar-refractivity contribution >= 4 is 29.3 Å². The van der Waals surface area contributed by atoms with Crippen LogP contribution in [-0.2, 0) is 9.53 Å². The molecule has 0 aromatic carbocycles. The molecule has 0 radical (unpaired) electrons. The summed E-state index contributed by atoms with van der Waals surface area (Å²) in [4.78, 5) is 36.2. The Morgan fingerprint density at radius 1 is 1.16 bits per heavy atom. The van der Waals surface area contributed by atoms with E-state index >= 15 is 0 Å². The number of pyridine rings is 2. The lowest BCUT2D eigenvalue weighted by Gasteiger charge is -2.37. The first-order valence-electron chi connectivity index (χ1n) is 10.0. The number of piperidine rings is 1. The molecule has 10 heteroatoms. The maximum atomic E-state index is 14.1. The Labute approximate surface area is 183 Å². The van der Waals surface area contributed by atoms with Gasteiger partial charge in [0, 0.05) is 38.3 Å². The number of nitrogens with zero attached hydrogens (tertiary/aromatic N) is 4. The lowest BCUT2D eigenvalue weighted by molar-refractivity contribution is -0.135. The molecule has 2 saturated heterocycles. The molecule has 0 saturated carbocycles. The molecule has 1 atom stereocenters. The van der Waals surface area contributed by atoms with Crippen LogP contribution in [0.1, 0.15) is 29.8 Å². The van der Waals surface area contributed by atoms with Crippen LogP contribution in [0.2, 0.25) is 5.02 Å². The Hall–Kier alpha value is -2.94. The summed E-state index contributed by atoms with van der Waals surface area (Å²) in [6.45, 7) is 1.81. The Kier molecular flexibility index (Phi) is 6.22. The molecule has 2 aromatic heterocycles. The summed E-state index contributed by atoms with van der Waals surface area (Å²) in [6, 6.07) is 4.43. The summed E-state index contributed by atoms with van der Waals surface area (Å²) >= 11 is 5.78. The third-order valence-corrected chi connectivity index (χ3v) is 5.80. The summed E-state index contributed by atoms with van der Waals surface area (Å²) in [5.74, 6) is -0.323. The molecule has 164 valence electrons. The smallest absolute Gasteiger partial charge is 0.356 e. The van der Waals surface area contributed by atoms with Gasteiger partial charge in [-0.25, -0.2) is 19.2 Å². The van der Waals surface area contributed by atoms with Crippen LogP contribution in [0.5, 0.6) is 5.75 Å². The van der Waals surface area contributed by atoms with Gasteiger partial charge in [0.2, 0.25) is 0 Å². The molecule has 2 fully saturated rings. The van der Waals surface area contributed by atoms with E-state index in [1.54, 1.807) is 6.07 Å². The maximum absolute atomic E-state index is 14.1. The predicted molar refractivity (Wildman–Crippen MR) is 111 cm³/mol. The second-order valence-corrected chi connectivity index (χ2v) is 7.91. The number of hydrogen-bond donors (Lipinski definition) is 0. The molecule has 31 heavy (non-hydrogen) atoms. The van der Waals surface area contributed by atoms with Gasteiger partial charge in [-0.05, 0) is 31.0 Å². The van der Waals surface area contributed by atoms with Crippen LogP contribution < -0.4 is 9.64 Å². The molecule has 4 rings (SSSR count). The minimum atomic E-state index is -0.584. The largest absolute Gasteiger partial charge is 0.479 e. The number of methoxy groups -OCH3 is 1. The van der Waals surface area contributed by atoms with Gasteiger partial charge in [-0.1, -0.05) is 11.6 Å². The Morgan fingerprint density at radius 2 is 1.94 bits per heavy atom. The molecule has 0 spiro atoms. The fourth-order valence-electron chi connectivity index (χ4n) is 4.02. The molecule has 0 aliphatic carbocycles. The van der Waals surface area contributed by atoms with Crippen LogP contribution in [0.3, 0.4) is 0 Å². The van der Waals surface area contributed by atoms with Gasteiger partial charge in [0.05, 0.1) is 18.3 Å². The average Bonchev–Trinajstić information content (AvgIpc) is 3.14. The number of hydrogen-bond acceptors (Lipinski definition) is 7. The third-order valence-electron chi connectivity index (χ3n) is 5.59. The predicted octanol–water partition coefficient (Wildman–Crippen LogP) is 2.70. The van der Waals surface area contributed by atoms with Crippen molar-refractivity contribution in [1.82, 2.24) is 14.9 Å². The van der Waals surface area contributed by atoms with Gasteiger partial charge in [-0.3, -0.25) is 4.79 Å². The molecule has 0 bridgehead atoms. The van der Waals surface area contributed by atoms with E-state index in [4.69, 9.17) is 16.3 Å². The normalized spacial score (nSPS) is 19.6. The van der Waals surface area contributed by atoms with E-state index in [1.165, 1.54) is 31.6 Å². The highest BCUT2D eigenvalue weighted by molar-refractivity contribution is 6.30. The quantitative estimate of drug-likeness (QED) is 0.650. The monoisotopic (exact) mass is 448 g/mol. The van der Waals surface area contributed by atoms with Gasteiger partial charge in [0.15, 0.2) is 17.7 Å². The third kappa shape index (κ3) is 4.56. The topological polar surface area (TPSA) is 84.9 Å². The number of ether oxygens (including phenoxy) is 2. The van der Waals surface area contributed by atoms with E-state index in [9.17, 15) is 14.0 Å². The summed E-state index contributed by atoms with van der Waals surface area (Å²) < 4.78 is 24.6. The summed E-state index contributed by atoms with van der Waals surface area (Å²) in [5.41, 5.74) is 0.174. The molecular formula is C21H22ClFN4O4. The Balaban J connectivity index is 1.33. The highest BCUT2D eigenvalue weighted by atomic mass is 35.5. The SMILES string of the molecule is COC(=O)c1ccc(OC2CCN(C3CCN(c4ncc(Cl)cc4F)CC3)C2=O)cn1. The fourth-order valence-corrected chi connectivity index (χ4v) is 4.16. The Bertz CT molecular complexity index is 966. The van der Waals surface area contributed by atoms with E-state index in [1.807, 2.05) is 9.80 Å². The van der Waals surface area contributed by atoms with Crippen LogP contribution in [0.25, 0.3) is 0 Å². The van der Waals surface area contributed by atoms with Crippen molar-refractivity contribution in [2.45, 2.75) is 31.4 Å². The summed E-state index contributed by atoms with van der Waals surface area (Å²) in [6.07, 6.45) is 4.28. The highest BCUT2D eigenvalue weighted by Gasteiger charge is 2.38. The molecular weight excluding hydrogens is 427 g/mol. The van der Waals surface area contributed by atoms with Gasteiger partial charge >= 0.3 is 5.97 Å². The molecule has 1 amide bonds. The van der Waals surface area contributed by atoms with Crippen molar-refractivity contribution in [1.29, 1.82) is 0 Å². The van der Waals surface area contributed by atoms with Crippen LogP contribution in [0.15, 0.2) is 30.6 Å². The zero-order chi connectivity index (χ0) is 22.0. The summed E-state index contributed by atoms with van der Waals surface area (Å²) in [5, 5.41) is 0.264. The Morgan fingerprint density at radius 3 is 2.58 bits per heavy atom. The van der Waals surface area contributed by atoms with Gasteiger partial charge in [0.25, 0.3) is 5.91 Å². The number of anilines is 1. The van der Waals surface area contributed by atoms with E-state index in [-0.39, 0.29) is 22.7 Å². The number of carbonyl (C=O) groups is 2. The molecule has 4 heterocycles. The van der Waals surface area contributed by atoms with Gasteiger partial charge in [-0.15, -0.1) is 0 Å². The molecule has 2 aromatic rings. The average molecular weight is 449 g/mol. The van der Waals surface area contributed by atoms with Gasteiger partial charge in [-0.2, -0.15) is 0 Å². The lowest BCUT2D eigenvalue weighted by atomic mass is 10.0. The van der Waals surface area contributed by atoms with Crippen LogP contribution in [0.4, 0.5) is 10.2 Å². The standard InChI is InChI=1S/C21H22ClFN4O4/c1-30-21(29)17-3-2-15(12-24-17)31-18-6-9-27(20(18)28)14-4-7-26(8-5-14)19-16(23)10-13(22)11-25-19/h2-3,10-12,14,18H,4-9H2,1H3. The number of carbonyl (C=O) groups excluding carboxylic acids is 2. The van der Waals surface area contributed by atoms with E-state index in [0.717, 1.165) is 12.8 Å². The lowest BCUT2D eigenvalue weighted by Crippen LogP contribution is -2.47. The van der Waals surface area contributed by atoms with E-state index in [2.05, 4.69) is 14.7 Å². The number of halogens is 2. The van der Waals surface area contributed by atoms with E-state index in [0.29, 0.717) is 37.6 Å². The second-order valence-electron chi connectivity index (χ2n) is 7.47. The minimum absolute atomic E-state index is 0.0636. The minimum Gasteiger partial charge on any atom is -0.479 e. The first-order chi connectivity index (χ1) is 15.0. The fraction of sp³-hybridized carbons (Fsp3) is 0.429. The van der Waals surface area contributed by atoms with Crippen molar-refractivity contribution in [3.8, 4) is 5.75 Å². The van der Waals surface area contributed by atoms with Gasteiger partial charge < -0.3 is 19.3 Å². The van der Waals surface area contributed by atoms with Crippen LogP contribution in [0, 0.1) is 5.82 Å². The van der Waals surface area contributed by atoms with Crippen molar-refractivity contribution in [3.05, 3.63) is 47.1 Å². The molecule has 2 aliphatic heterocycles. The van der Waals surface area contributed by atoms with Crippen molar-refractivity contribution in [3.63, 3.8) is 0 Å². The zero-order valence-electron chi connectivity index (χ0n) is 17.0. The van der Waals surface area contributed by atoms with Crippen molar-refractivity contribution in [2.75, 3.05) is 31.6 Å². The second kappa shape index (κ2) is 9.05. The number of esters is 1. The van der Waals surface area contributed by atoms with Crippen LogP contribution >= 0.6 is 11.6 Å². The highest BCUT2D eigenvalue weighted by Crippen LogP contribution is 2.28. The molecule has 0 N–H and O–H groups in total. The van der Waals surface area contributed by atoms with Crippen molar-refractivity contribution < 1.29 is 23.5 Å². The first-order valence-corrected chi connectivity index (χ1v) is 10.4. The zero-order valence-corrected chi connectivity index (χ0v) is 17.7. The number of rotatable bonds is 5. The number of aromatic nitrogens is 2. The summed E-state index contributed by atoms with van der Waals surface area (Å²) in [7, 11) is 1.28. The van der Waals surface area contributed by atoms with Crippen molar-refractivity contribution in [2.24, 2.45) is 0 Å². The molecule has 1 unspecified atom stereocenters. The first kappa shape index (κ1) is 21.3. The van der Waals surface area contributed by atoms with Gasteiger partial charge in [0.1, 0.15) is 11.4 Å². The maximum Gasteiger partial charge on any atom is 0.356 e. The molecule has 2 aliphatic rings. The van der Waals surface area contributed by atoms with E-state index < -0.39 is 17.9 Å². The number of amides is 1. The number of likely N-dealkylation sites (tertiary alicyclic amines) is 1. The molecule has 8 nitrogen and oxygen atoms in total.